The first-order chi connectivity index (χ1) is 59.1. The van der Waals surface area contributed by atoms with Crippen molar-refractivity contribution in [2.75, 3.05) is 95.3 Å². The predicted molar refractivity (Wildman–Crippen MR) is 472 cm³/mol. The van der Waals surface area contributed by atoms with Crippen LogP contribution in [0.25, 0.3) is 0 Å². The minimum absolute atomic E-state index is 0. The fraction of sp³-hybridized carbons (Fsp3) is 0.705. The number of carbonyl (C=O) groups is 4. The fourth-order valence-corrected chi connectivity index (χ4v) is 17.2. The van der Waals surface area contributed by atoms with Crippen molar-refractivity contribution in [3.05, 3.63) is 94.0 Å². The Morgan fingerprint density at radius 2 is 0.782 bits per heavy atom. The third-order valence-electron chi connectivity index (χ3n) is 22.9. The molecular weight excluding hydrogens is 1640 g/mol. The van der Waals surface area contributed by atoms with Gasteiger partial charge < -0.3 is 80.4 Å². The topological polar surface area (TPSA) is 304 Å². The maximum absolute atomic E-state index is 12.8. The van der Waals surface area contributed by atoms with Gasteiger partial charge in [0, 0.05) is 56.4 Å². The number of rotatable bonds is 62. The molecule has 0 aliphatic carbocycles. The van der Waals surface area contributed by atoms with E-state index in [-0.39, 0.29) is 96.9 Å². The number of fused-ring (bicyclic) bond motifs is 2. The van der Waals surface area contributed by atoms with E-state index in [1.807, 2.05) is 18.2 Å². The zero-order chi connectivity index (χ0) is 88.2. The van der Waals surface area contributed by atoms with Gasteiger partial charge in [0.15, 0.2) is 46.7 Å². The van der Waals surface area contributed by atoms with Crippen LogP contribution in [0.1, 0.15) is 330 Å². The van der Waals surface area contributed by atoms with Crippen LogP contribution in [0.3, 0.4) is 0 Å². The number of methoxy groups -OCH3 is 4. The second-order valence-electron chi connectivity index (χ2n) is 33.1. The molecule has 0 radical (unpaired) electrons. The van der Waals surface area contributed by atoms with Gasteiger partial charge in [0.05, 0.1) is 54.9 Å². The van der Waals surface area contributed by atoms with E-state index < -0.39 is 97.5 Å². The molecule has 124 heavy (non-hydrogen) atoms. The van der Waals surface area contributed by atoms with Crippen LogP contribution in [0.4, 0.5) is 0 Å². The van der Waals surface area contributed by atoms with Crippen LogP contribution in [-0.4, -0.2) is 152 Å². The number of likely N-dealkylation sites (N-methyl/N-ethyl adjacent to an activating group) is 2. The van der Waals surface area contributed by atoms with Crippen molar-refractivity contribution < 1.29 is 168 Å². The number of hydrogen-bond acceptors (Lipinski definition) is 25. The molecule has 1 N–H and O–H groups in total. The molecule has 0 amide bonds. The summed E-state index contributed by atoms with van der Waals surface area (Å²) in [6, 6.07) is 21.2. The summed E-state index contributed by atoms with van der Waals surface area (Å²) in [5.41, 5.74) is 7.15. The number of esters is 4. The largest absolute Gasteiger partial charge is 1.00 e. The normalized spacial score (nSPS) is 15.9. The SMILES string of the molecule is CCCCCCCCCCCC(=O)OCC(COP(=O)([O-])OCC(O)COP(=O)([O-])OCC(COC(=O)CCCCCCCCCCC)OC(=O)CCCCCCCCCCC)OC(=O)CCCCCCCCCCC.COc1ccc2cc1Oc1ccc(cc1)CC1c3cc(c(OC)cc3CCN1C)Oc1c(OC)c(OC)cc3c1C(C2)N(C)CC3.[Na+].[Na+]. The molecule has 0 spiro atoms. The Morgan fingerprint density at radius 1 is 0.419 bits per heavy atom. The Bertz CT molecular complexity index is 3620. The second kappa shape index (κ2) is 65.3. The number of nitrogens with zero attached hydrogens (tertiary/aromatic N) is 2. The molecule has 8 rings (SSSR count). The average Bonchev–Trinajstić information content (AvgIpc) is 0.750. The van der Waals surface area contributed by atoms with Crippen LogP contribution in [0, 0.1) is 0 Å². The zero-order valence-electron chi connectivity index (χ0n) is 77.6. The predicted octanol–water partition coefficient (Wildman–Crippen LogP) is 15.1. The molecule has 6 unspecified atom stereocenters. The molecule has 25 nitrogen and oxygen atoms in total. The first-order valence-electron chi connectivity index (χ1n) is 46.2. The third kappa shape index (κ3) is 44.1. The van der Waals surface area contributed by atoms with E-state index in [2.05, 4.69) is 94.1 Å². The first-order valence-corrected chi connectivity index (χ1v) is 49.1. The van der Waals surface area contributed by atoms with Crippen LogP contribution >= 0.6 is 15.6 Å². The van der Waals surface area contributed by atoms with Gasteiger partial charge >= 0.3 is 83.0 Å². The first kappa shape index (κ1) is 112. The number of aliphatic hydroxyl groups excluding tert-OH is 1. The number of carbonyl (C=O) groups excluding carboxylic acids is 4. The number of aliphatic hydroxyl groups is 1. The Hall–Kier alpha value is -4.34. The minimum Gasteiger partial charge on any atom is -0.756 e. The van der Waals surface area contributed by atoms with E-state index in [1.54, 1.807) is 28.4 Å². The Kier molecular flexibility index (Phi) is 58.9. The Morgan fingerprint density at radius 3 is 1.20 bits per heavy atom. The quantitative estimate of drug-likeness (QED) is 0.0141. The van der Waals surface area contributed by atoms with Crippen LogP contribution in [0.5, 0.6) is 46.0 Å². The van der Waals surface area contributed by atoms with Gasteiger partial charge in [-0.15, -0.1) is 0 Å². The number of benzene rings is 4. The summed E-state index contributed by atoms with van der Waals surface area (Å²) in [5.74, 6) is 3.17. The standard InChI is InChI=1S/C57H110O17P2.C38H42N2O6.2Na/c1-5-9-13-17-21-25-29-33-37-41-54(59)67-47-52(73-56(61)43-39-35-31-27-23-19-15-11-7-3)49-71-75(63,64)69-45-51(58)46-70-76(65,66)72-50-53(74-57(62)44-40-36-32-28-24-20-16-12-8-4)48-68-55(60)42-38-34-30-26-22-18-14-10-6-2;1-39-15-13-25-20-32(42-4)34-22-28(25)29(39)17-23-7-10-27(11-8-23)45-33-19-24(9-12-31(33)41-3)18-30-36-26(14-16-40(30)2)21-35(43-5)37(44-6)38(36)46-34;;/h51-53,58H,5-50H2,1-4H3,(H,63,64)(H,65,66);7-12,19-22,29-30H,13-18H2,1-6H3;;/q;;2*+1/p-2. The van der Waals surface area contributed by atoms with Gasteiger partial charge in [0.25, 0.3) is 15.6 Å². The van der Waals surface area contributed by atoms with Gasteiger partial charge in [-0.05, 0) is 136 Å². The van der Waals surface area contributed by atoms with Gasteiger partial charge in [-0.2, -0.15) is 0 Å². The average molecular weight is 1800 g/mol. The second-order valence-corrected chi connectivity index (χ2v) is 35.9. The molecule has 6 atom stereocenters. The number of hydrogen-bond donors (Lipinski definition) is 1. The Balaban J connectivity index is 0.000000566. The smallest absolute Gasteiger partial charge is 0.756 e. The van der Waals surface area contributed by atoms with Crippen LogP contribution in [0.15, 0.2) is 60.7 Å². The molecule has 0 aromatic heterocycles. The molecule has 0 fully saturated rings. The van der Waals surface area contributed by atoms with Gasteiger partial charge in [0.1, 0.15) is 25.1 Å². The van der Waals surface area contributed by atoms with Gasteiger partial charge in [-0.3, -0.25) is 38.1 Å². The molecule has 0 saturated heterocycles. The van der Waals surface area contributed by atoms with Crippen molar-refractivity contribution in [2.45, 2.75) is 341 Å². The van der Waals surface area contributed by atoms with E-state index in [1.165, 1.54) is 125 Å². The third-order valence-corrected chi connectivity index (χ3v) is 24.8. The molecule has 4 aromatic rings. The van der Waals surface area contributed by atoms with E-state index >= 15 is 0 Å². The molecule has 690 valence electrons. The molecule has 0 saturated carbocycles. The van der Waals surface area contributed by atoms with E-state index in [9.17, 15) is 43.2 Å². The van der Waals surface area contributed by atoms with Crippen LogP contribution in [0.2, 0.25) is 0 Å². The van der Waals surface area contributed by atoms with Crippen molar-refractivity contribution in [1.82, 2.24) is 9.80 Å². The zero-order valence-corrected chi connectivity index (χ0v) is 83.4. The summed E-state index contributed by atoms with van der Waals surface area (Å²) < 4.78 is 104. The monoisotopic (exact) mass is 1790 g/mol. The Labute approximate surface area is 787 Å². The maximum Gasteiger partial charge on any atom is 1.00 e. The molecule has 6 bridgehead atoms. The van der Waals surface area contributed by atoms with Crippen molar-refractivity contribution in [1.29, 1.82) is 0 Å². The molecule has 4 aromatic carbocycles. The van der Waals surface area contributed by atoms with Gasteiger partial charge in [0.2, 0.25) is 5.75 Å². The molecular formula is C95H150N2Na2O23P2. The molecule has 4 aliphatic heterocycles. The summed E-state index contributed by atoms with van der Waals surface area (Å²) in [5, 5.41) is 10.4. The molecule has 4 aliphatic rings. The van der Waals surface area contributed by atoms with Gasteiger partial charge in [-0.25, -0.2) is 0 Å². The van der Waals surface area contributed by atoms with Crippen molar-refractivity contribution in [3.63, 3.8) is 0 Å². The van der Waals surface area contributed by atoms with Crippen molar-refractivity contribution in [3.8, 4) is 46.0 Å². The molecule has 29 heteroatoms. The fourth-order valence-electron chi connectivity index (χ4n) is 15.7. The van der Waals surface area contributed by atoms with Gasteiger partial charge in [-0.1, -0.05) is 251 Å². The minimum atomic E-state index is -5.20. The van der Waals surface area contributed by atoms with Crippen LogP contribution < -0.4 is 97.3 Å². The van der Waals surface area contributed by atoms with Crippen molar-refractivity contribution >= 4 is 39.5 Å². The number of ether oxygens (including phenoxy) is 10. The summed E-state index contributed by atoms with van der Waals surface area (Å²) in [7, 11) is 0.705. The summed E-state index contributed by atoms with van der Waals surface area (Å²) in [6.07, 6.45) is 37.6. The maximum atomic E-state index is 12.8. The number of phosphoric ester groups is 2. The van der Waals surface area contributed by atoms with E-state index in [4.69, 9.17) is 65.5 Å². The summed E-state index contributed by atoms with van der Waals surface area (Å²) in [4.78, 5) is 81.0. The molecule has 4 heterocycles. The summed E-state index contributed by atoms with van der Waals surface area (Å²) >= 11 is 0. The van der Waals surface area contributed by atoms with Crippen LogP contribution in [-0.2, 0) is 91.0 Å². The van der Waals surface area contributed by atoms with E-state index in [0.717, 1.165) is 158 Å². The number of phosphoric acid groups is 2. The van der Waals surface area contributed by atoms with Crippen molar-refractivity contribution in [2.24, 2.45) is 0 Å². The summed E-state index contributed by atoms with van der Waals surface area (Å²) in [6.45, 7) is 6.22. The van der Waals surface area contributed by atoms with E-state index in [0.29, 0.717) is 65.9 Å². The number of unbranched alkanes of at least 4 members (excludes halogenated alkanes) is 32.